The van der Waals surface area contributed by atoms with Crippen LogP contribution in [0.5, 0.6) is 0 Å². The first-order valence-corrected chi connectivity index (χ1v) is 25.4. The summed E-state index contributed by atoms with van der Waals surface area (Å²) in [6.45, 7) is 6.97. The molecule has 1 N–H and O–H groups in total. The molecule has 6 heteroatoms. The number of rotatable bonds is 43. The van der Waals surface area contributed by atoms with E-state index in [4.69, 9.17) is 0 Å². The van der Waals surface area contributed by atoms with Crippen LogP contribution in [0, 0.1) is 0 Å². The van der Waals surface area contributed by atoms with Gasteiger partial charge in [-0.05, 0) is 56.8 Å². The molecule has 0 bridgehead atoms. The van der Waals surface area contributed by atoms with Crippen LogP contribution >= 0.6 is 0 Å². The van der Waals surface area contributed by atoms with E-state index in [-0.39, 0.29) is 11.0 Å². The average molecular weight is 780 g/mol. The van der Waals surface area contributed by atoms with E-state index in [1.165, 1.54) is 193 Å². The molecule has 0 amide bonds. The van der Waals surface area contributed by atoms with Gasteiger partial charge in [0.2, 0.25) is 0 Å². The molecule has 0 saturated heterocycles. The van der Waals surface area contributed by atoms with E-state index in [1.807, 2.05) is 0 Å². The van der Waals surface area contributed by atoms with Crippen LogP contribution in [-0.4, -0.2) is 41.0 Å². The Morgan fingerprint density at radius 2 is 0.648 bits per heavy atom. The lowest BCUT2D eigenvalue weighted by Crippen LogP contribution is -2.41. The maximum absolute atomic E-state index is 11.6. The molecule has 5 nitrogen and oxygen atoms in total. The normalized spacial score (nSPS) is 13.4. The zero-order valence-corrected chi connectivity index (χ0v) is 37.3. The van der Waals surface area contributed by atoms with Crippen LogP contribution in [0.1, 0.15) is 252 Å². The number of nitrogens with zero attached hydrogens (tertiary/aromatic N) is 1. The largest absolute Gasteiger partial charge is 0.748 e. The number of aliphatic hydroxyl groups is 1. The van der Waals surface area contributed by atoms with Crippen molar-refractivity contribution in [2.75, 3.05) is 12.3 Å². The zero-order valence-electron chi connectivity index (χ0n) is 36.4. The van der Waals surface area contributed by atoms with E-state index in [0.717, 1.165) is 38.5 Å². The third-order valence-electron chi connectivity index (χ3n) is 11.0. The Morgan fingerprint density at radius 3 is 0.870 bits per heavy atom. The monoisotopic (exact) mass is 780 g/mol. The summed E-state index contributed by atoms with van der Waals surface area (Å²) in [5, 5.41) is 10.8. The number of hydrogen-bond acceptors (Lipinski definition) is 4. The van der Waals surface area contributed by atoms with Gasteiger partial charge in [0.1, 0.15) is 31.2 Å². The van der Waals surface area contributed by atoms with E-state index in [2.05, 4.69) is 57.6 Å². The fraction of sp³-hybridized carbons (Fsp3) is 0.875. The van der Waals surface area contributed by atoms with Crippen LogP contribution < -0.4 is 0 Å². The molecule has 0 saturated carbocycles. The number of quaternary nitrogens is 1. The summed E-state index contributed by atoms with van der Waals surface area (Å²) in [7, 11) is -4.52. The van der Waals surface area contributed by atoms with E-state index in [9.17, 15) is 18.1 Å². The molecule has 1 atom stereocenters. The fourth-order valence-electron chi connectivity index (χ4n) is 7.58. The van der Waals surface area contributed by atoms with Gasteiger partial charge in [-0.2, -0.15) is 0 Å². The van der Waals surface area contributed by atoms with Crippen molar-refractivity contribution in [2.24, 2.45) is 0 Å². The van der Waals surface area contributed by atoms with Crippen LogP contribution in [0.2, 0.25) is 0 Å². The van der Waals surface area contributed by atoms with Gasteiger partial charge >= 0.3 is 0 Å². The summed E-state index contributed by atoms with van der Waals surface area (Å²) in [5.41, 5.74) is 0. The summed E-state index contributed by atoms with van der Waals surface area (Å²) in [6, 6.07) is 0. The van der Waals surface area contributed by atoms with Gasteiger partial charge in [-0.3, -0.25) is 0 Å². The predicted octanol–water partition coefficient (Wildman–Crippen LogP) is 15.4. The van der Waals surface area contributed by atoms with Crippen molar-refractivity contribution in [3.05, 3.63) is 36.8 Å². The zero-order chi connectivity index (χ0) is 39.7. The molecular weight excluding hydrogens is 687 g/mol. The van der Waals surface area contributed by atoms with E-state index in [1.54, 1.807) is 0 Å². The van der Waals surface area contributed by atoms with Crippen molar-refractivity contribution < 1.29 is 22.6 Å². The molecule has 0 radical (unpaired) electrons. The Balaban J connectivity index is 5.15. The standard InChI is InChI=1S/C48H93NO4S/c1-4-7-10-13-16-19-22-25-28-31-34-37-40-43-49(46-48(50)47-54(51,52)53,44-41-38-35-32-29-26-23-20-17-14-11-8-5-2)45-42-39-36-33-30-27-24-21-18-15-12-9-6-3/h40-45,48,50H,4-39,46-47H2,1-3H3/b43-40+,44-41+,45-42+. The second-order valence-electron chi connectivity index (χ2n) is 16.7. The van der Waals surface area contributed by atoms with Gasteiger partial charge in [0.15, 0.2) is 0 Å². The fourth-order valence-corrected chi connectivity index (χ4v) is 8.15. The average Bonchev–Trinajstić information content (AvgIpc) is 3.13. The molecule has 0 aromatic rings. The first-order valence-electron chi connectivity index (χ1n) is 23.8. The van der Waals surface area contributed by atoms with Crippen molar-refractivity contribution in [1.82, 2.24) is 0 Å². The smallest absolute Gasteiger partial charge is 0.119 e. The Morgan fingerprint density at radius 1 is 0.426 bits per heavy atom. The molecule has 320 valence electrons. The summed E-state index contributed by atoms with van der Waals surface area (Å²) >= 11 is 0. The van der Waals surface area contributed by atoms with Gasteiger partial charge < -0.3 is 9.66 Å². The molecule has 1 unspecified atom stereocenters. The van der Waals surface area contributed by atoms with Crippen molar-refractivity contribution in [3.8, 4) is 0 Å². The van der Waals surface area contributed by atoms with Gasteiger partial charge in [-0.15, -0.1) is 0 Å². The number of allylic oxidation sites excluding steroid dienone is 3. The molecule has 0 spiro atoms. The van der Waals surface area contributed by atoms with Crippen LogP contribution in [0.4, 0.5) is 0 Å². The highest BCUT2D eigenvalue weighted by Crippen LogP contribution is 2.20. The summed E-state index contributed by atoms with van der Waals surface area (Å²) in [4.78, 5) is 0. The second-order valence-corrected chi connectivity index (χ2v) is 18.1. The summed E-state index contributed by atoms with van der Waals surface area (Å²) < 4.78 is 35.1. The van der Waals surface area contributed by atoms with Crippen molar-refractivity contribution in [2.45, 2.75) is 258 Å². The minimum absolute atomic E-state index is 0.153. The summed E-state index contributed by atoms with van der Waals surface area (Å²) in [5.74, 6) is -0.752. The van der Waals surface area contributed by atoms with Gasteiger partial charge in [0.25, 0.3) is 0 Å². The minimum Gasteiger partial charge on any atom is -0.748 e. The highest BCUT2D eigenvalue weighted by Gasteiger charge is 2.25. The maximum Gasteiger partial charge on any atom is 0.119 e. The Hall–Kier alpha value is -0.950. The number of unbranched alkanes of at least 4 members (excludes halogenated alkanes) is 33. The van der Waals surface area contributed by atoms with Crippen molar-refractivity contribution in [3.63, 3.8) is 0 Å². The van der Waals surface area contributed by atoms with Crippen LogP contribution in [0.15, 0.2) is 36.8 Å². The lowest BCUT2D eigenvalue weighted by Gasteiger charge is -2.29. The molecule has 0 fully saturated rings. The SMILES string of the molecule is CCCCCCCCCCCCC/C=C/[N+](/C=C/CCCCCCCCCCCCC)(/C=C/CCCCCCCCCCCCC)CC(O)CS(=O)(=O)[O-]. The molecule has 0 heterocycles. The van der Waals surface area contributed by atoms with Crippen LogP contribution in [0.25, 0.3) is 0 Å². The van der Waals surface area contributed by atoms with Crippen molar-refractivity contribution in [1.29, 1.82) is 0 Å². The van der Waals surface area contributed by atoms with E-state index in [0.29, 0.717) is 0 Å². The quantitative estimate of drug-likeness (QED) is 0.0380. The molecule has 0 rings (SSSR count). The lowest BCUT2D eigenvalue weighted by molar-refractivity contribution is -0.777. The second kappa shape index (κ2) is 40.3. The molecule has 0 aromatic heterocycles. The maximum atomic E-state index is 11.6. The van der Waals surface area contributed by atoms with Crippen LogP contribution in [0.3, 0.4) is 0 Å². The molecule has 0 aliphatic heterocycles. The predicted molar refractivity (Wildman–Crippen MR) is 236 cm³/mol. The molecule has 0 aromatic carbocycles. The van der Waals surface area contributed by atoms with Gasteiger partial charge in [0, 0.05) is 0 Å². The minimum atomic E-state index is -4.52. The van der Waals surface area contributed by atoms with Gasteiger partial charge in [-0.25, -0.2) is 12.9 Å². The van der Waals surface area contributed by atoms with Gasteiger partial charge in [-0.1, -0.05) is 213 Å². The third-order valence-corrected chi connectivity index (χ3v) is 11.8. The van der Waals surface area contributed by atoms with E-state index < -0.39 is 22.0 Å². The first kappa shape index (κ1) is 53.0. The molecule has 0 aliphatic rings. The molecule has 54 heavy (non-hydrogen) atoms. The topological polar surface area (TPSA) is 77.4 Å². The lowest BCUT2D eigenvalue weighted by atomic mass is 10.1. The molecule has 0 aliphatic carbocycles. The summed E-state index contributed by atoms with van der Waals surface area (Å²) in [6.07, 6.45) is 58.1. The molecular formula is C48H93NO4S. The Bertz CT molecular complexity index is 871. The number of aliphatic hydroxyl groups excluding tert-OH is 1. The Kier molecular flexibility index (Phi) is 39.5. The number of hydrogen-bond donors (Lipinski definition) is 1. The first-order chi connectivity index (χ1) is 26.3. The highest BCUT2D eigenvalue weighted by atomic mass is 32.2. The highest BCUT2D eigenvalue weighted by molar-refractivity contribution is 7.85. The van der Waals surface area contributed by atoms with Gasteiger partial charge in [0.05, 0.1) is 15.9 Å². The third kappa shape index (κ3) is 39.3. The Labute approximate surface area is 338 Å². The van der Waals surface area contributed by atoms with Crippen LogP contribution in [-0.2, 0) is 10.1 Å². The van der Waals surface area contributed by atoms with Crippen molar-refractivity contribution >= 4 is 10.1 Å². The van der Waals surface area contributed by atoms with E-state index >= 15 is 0 Å².